The number of carbonyl (C=O) groups is 1. The second-order valence-electron chi connectivity index (χ2n) is 5.34. The molecule has 1 heterocycles. The maximum Gasteiger partial charge on any atom is 0.239 e. The molecule has 0 radical (unpaired) electrons. The van der Waals surface area contributed by atoms with Gasteiger partial charge in [0.2, 0.25) is 5.91 Å². The third-order valence-electron chi connectivity index (χ3n) is 3.83. The molecule has 3 N–H and O–H groups in total. The number of nitrogens with two attached hydrogens (primary N) is 1. The molecule has 1 fully saturated rings. The van der Waals surface area contributed by atoms with Crippen LogP contribution in [0.5, 0.6) is 0 Å². The Morgan fingerprint density at radius 3 is 2.94 bits per heavy atom. The zero-order valence-electron chi connectivity index (χ0n) is 10.6. The van der Waals surface area contributed by atoms with Crippen molar-refractivity contribution in [3.8, 4) is 0 Å². The first-order valence-electron chi connectivity index (χ1n) is 6.54. The molecule has 1 aliphatic heterocycles. The predicted molar refractivity (Wildman–Crippen MR) is 71.5 cm³/mol. The summed E-state index contributed by atoms with van der Waals surface area (Å²) < 4.78 is 0. The number of hydrogen-bond donors (Lipinski definition) is 2. The Kier molecular flexibility index (Phi) is 2.74. The number of primary amides is 1. The van der Waals surface area contributed by atoms with Crippen molar-refractivity contribution in [1.29, 1.82) is 0 Å². The van der Waals surface area contributed by atoms with Gasteiger partial charge in [0.1, 0.15) is 6.04 Å². The highest BCUT2D eigenvalue weighted by Crippen LogP contribution is 2.30. The second kappa shape index (κ2) is 4.28. The van der Waals surface area contributed by atoms with Crippen molar-refractivity contribution >= 4 is 11.6 Å². The van der Waals surface area contributed by atoms with Crippen LogP contribution in [0.4, 0.5) is 5.69 Å². The van der Waals surface area contributed by atoms with Crippen molar-refractivity contribution in [3.05, 3.63) is 29.3 Å². The van der Waals surface area contributed by atoms with Crippen LogP contribution >= 0.6 is 0 Å². The minimum Gasteiger partial charge on any atom is -0.374 e. The molecular formula is C14H19N3O. The van der Waals surface area contributed by atoms with E-state index in [-0.39, 0.29) is 11.9 Å². The fraction of sp³-hybridized carbons (Fsp3) is 0.500. The molecular weight excluding hydrogens is 226 g/mol. The van der Waals surface area contributed by atoms with E-state index < -0.39 is 0 Å². The van der Waals surface area contributed by atoms with Gasteiger partial charge in [0, 0.05) is 25.3 Å². The van der Waals surface area contributed by atoms with E-state index in [0.717, 1.165) is 31.4 Å². The summed E-state index contributed by atoms with van der Waals surface area (Å²) in [6.45, 7) is 1.05. The average molecular weight is 245 g/mol. The van der Waals surface area contributed by atoms with Crippen molar-refractivity contribution in [3.63, 3.8) is 0 Å². The smallest absolute Gasteiger partial charge is 0.239 e. The van der Waals surface area contributed by atoms with Gasteiger partial charge in [-0.3, -0.25) is 10.1 Å². The molecule has 1 amide bonds. The lowest BCUT2D eigenvalue weighted by molar-refractivity contribution is -0.120. The molecule has 1 saturated carbocycles. The van der Waals surface area contributed by atoms with Crippen LogP contribution in [0, 0.1) is 0 Å². The molecule has 1 unspecified atom stereocenters. The van der Waals surface area contributed by atoms with Crippen LogP contribution in [0.3, 0.4) is 0 Å². The van der Waals surface area contributed by atoms with Crippen molar-refractivity contribution in [1.82, 2.24) is 5.32 Å². The largest absolute Gasteiger partial charge is 0.374 e. The van der Waals surface area contributed by atoms with E-state index in [2.05, 4.69) is 29.4 Å². The maximum absolute atomic E-state index is 11.6. The summed E-state index contributed by atoms with van der Waals surface area (Å²) in [6.07, 6.45) is 3.35. The zero-order chi connectivity index (χ0) is 12.7. The second-order valence-corrected chi connectivity index (χ2v) is 5.34. The van der Waals surface area contributed by atoms with E-state index in [4.69, 9.17) is 5.73 Å². The fourth-order valence-corrected chi connectivity index (χ4v) is 2.59. The SMILES string of the molecule is CN1CCc2cc(C(NC3CC3)C(N)=O)ccc21. The molecule has 1 aliphatic carbocycles. The molecule has 0 aromatic heterocycles. The van der Waals surface area contributed by atoms with Crippen LogP contribution in [0.15, 0.2) is 18.2 Å². The summed E-state index contributed by atoms with van der Waals surface area (Å²) in [6, 6.07) is 6.38. The highest BCUT2D eigenvalue weighted by Gasteiger charge is 2.29. The minimum atomic E-state index is -0.339. The highest BCUT2D eigenvalue weighted by atomic mass is 16.1. The number of benzene rings is 1. The number of fused-ring (bicyclic) bond motifs is 1. The Morgan fingerprint density at radius 1 is 1.50 bits per heavy atom. The van der Waals surface area contributed by atoms with Crippen LogP contribution in [0.25, 0.3) is 0 Å². The van der Waals surface area contributed by atoms with E-state index in [1.165, 1.54) is 11.3 Å². The van der Waals surface area contributed by atoms with E-state index >= 15 is 0 Å². The van der Waals surface area contributed by atoms with E-state index in [0.29, 0.717) is 6.04 Å². The molecule has 0 saturated heterocycles. The van der Waals surface area contributed by atoms with Gasteiger partial charge in [-0.05, 0) is 36.5 Å². The standard InChI is InChI=1S/C14H19N3O/c1-17-7-6-9-8-10(2-5-12(9)17)13(14(15)18)16-11-3-4-11/h2,5,8,11,13,16H,3-4,6-7H2,1H3,(H2,15,18). The topological polar surface area (TPSA) is 58.4 Å². The van der Waals surface area contributed by atoms with Gasteiger partial charge in [0.25, 0.3) is 0 Å². The summed E-state index contributed by atoms with van der Waals surface area (Å²) in [5.41, 5.74) is 9.10. The lowest BCUT2D eigenvalue weighted by Gasteiger charge is -2.17. The maximum atomic E-state index is 11.6. The number of nitrogens with zero attached hydrogens (tertiary/aromatic N) is 1. The number of carbonyl (C=O) groups excluding carboxylic acids is 1. The summed E-state index contributed by atoms with van der Waals surface area (Å²) >= 11 is 0. The fourth-order valence-electron chi connectivity index (χ4n) is 2.59. The first kappa shape index (κ1) is 11.5. The van der Waals surface area contributed by atoms with Gasteiger partial charge in [-0.1, -0.05) is 12.1 Å². The van der Waals surface area contributed by atoms with Gasteiger partial charge in [-0.25, -0.2) is 0 Å². The van der Waals surface area contributed by atoms with Crippen molar-refractivity contribution in [2.75, 3.05) is 18.5 Å². The molecule has 0 bridgehead atoms. The summed E-state index contributed by atoms with van der Waals surface area (Å²) in [5, 5.41) is 3.32. The molecule has 3 rings (SSSR count). The monoisotopic (exact) mass is 245 g/mol. The van der Waals surface area contributed by atoms with Crippen LogP contribution in [-0.4, -0.2) is 25.5 Å². The van der Waals surface area contributed by atoms with Gasteiger partial charge < -0.3 is 10.6 Å². The summed E-state index contributed by atoms with van der Waals surface area (Å²) in [4.78, 5) is 13.8. The molecule has 1 aromatic carbocycles. The first-order valence-corrected chi connectivity index (χ1v) is 6.54. The summed E-state index contributed by atoms with van der Waals surface area (Å²) in [5.74, 6) is -0.284. The van der Waals surface area contributed by atoms with Gasteiger partial charge >= 0.3 is 0 Å². The average Bonchev–Trinajstić information content (AvgIpc) is 3.10. The van der Waals surface area contributed by atoms with Gasteiger partial charge in [-0.2, -0.15) is 0 Å². The Morgan fingerprint density at radius 2 is 2.28 bits per heavy atom. The Labute approximate surface area is 107 Å². The molecule has 1 aromatic rings. The molecule has 18 heavy (non-hydrogen) atoms. The number of amides is 1. The Balaban J connectivity index is 1.87. The quantitative estimate of drug-likeness (QED) is 0.830. The lowest BCUT2D eigenvalue weighted by Crippen LogP contribution is -2.34. The highest BCUT2D eigenvalue weighted by molar-refractivity contribution is 5.82. The molecule has 4 nitrogen and oxygen atoms in total. The number of anilines is 1. The summed E-state index contributed by atoms with van der Waals surface area (Å²) in [7, 11) is 2.10. The number of nitrogens with one attached hydrogen (secondary N) is 1. The van der Waals surface area contributed by atoms with Crippen LogP contribution in [0.2, 0.25) is 0 Å². The molecule has 0 spiro atoms. The predicted octanol–water partition coefficient (Wildman–Crippen LogP) is 0.957. The number of hydrogen-bond acceptors (Lipinski definition) is 3. The molecule has 4 heteroatoms. The van der Waals surface area contributed by atoms with Crippen molar-refractivity contribution in [2.45, 2.75) is 31.3 Å². The van der Waals surface area contributed by atoms with Crippen LogP contribution < -0.4 is 16.0 Å². The van der Waals surface area contributed by atoms with E-state index in [1.807, 2.05) is 6.07 Å². The molecule has 96 valence electrons. The molecule has 2 aliphatic rings. The minimum absolute atomic E-state index is 0.284. The Hall–Kier alpha value is -1.55. The van der Waals surface area contributed by atoms with Gasteiger partial charge in [0.15, 0.2) is 0 Å². The van der Waals surface area contributed by atoms with E-state index in [9.17, 15) is 4.79 Å². The number of likely N-dealkylation sites (N-methyl/N-ethyl adjacent to an activating group) is 1. The molecule has 1 atom stereocenters. The van der Waals surface area contributed by atoms with Crippen molar-refractivity contribution in [2.24, 2.45) is 5.73 Å². The van der Waals surface area contributed by atoms with Gasteiger partial charge in [-0.15, -0.1) is 0 Å². The van der Waals surface area contributed by atoms with Gasteiger partial charge in [0.05, 0.1) is 0 Å². The van der Waals surface area contributed by atoms with Crippen molar-refractivity contribution < 1.29 is 4.79 Å². The normalized spacial score (nSPS) is 19.7. The van der Waals surface area contributed by atoms with Crippen LogP contribution in [0.1, 0.15) is 30.0 Å². The third kappa shape index (κ3) is 2.08. The van der Waals surface area contributed by atoms with Crippen LogP contribution in [-0.2, 0) is 11.2 Å². The first-order chi connectivity index (χ1) is 8.65. The Bertz CT molecular complexity index is 482. The lowest BCUT2D eigenvalue weighted by atomic mass is 10.0. The van der Waals surface area contributed by atoms with E-state index in [1.54, 1.807) is 0 Å². The number of rotatable bonds is 4. The third-order valence-corrected chi connectivity index (χ3v) is 3.83. The zero-order valence-corrected chi connectivity index (χ0v) is 10.6.